The van der Waals surface area contributed by atoms with Gasteiger partial charge in [-0.15, -0.1) is 0 Å². The number of aryl methyl sites for hydroxylation is 1. The largest absolute Gasteiger partial charge is 0.416 e. The van der Waals surface area contributed by atoms with Gasteiger partial charge in [-0.25, -0.2) is 0 Å². The zero-order valence-corrected chi connectivity index (χ0v) is 16.1. The number of nitrogens with one attached hydrogen (secondary N) is 1. The van der Waals surface area contributed by atoms with Gasteiger partial charge in [0.25, 0.3) is 5.91 Å². The number of alkyl halides is 3. The van der Waals surface area contributed by atoms with E-state index in [4.69, 9.17) is 0 Å². The Labute approximate surface area is 162 Å². The van der Waals surface area contributed by atoms with Crippen LogP contribution in [0.2, 0.25) is 0 Å². The summed E-state index contributed by atoms with van der Waals surface area (Å²) in [7, 11) is 2.09. The highest BCUT2D eigenvalue weighted by atomic mass is 19.4. The average molecular weight is 394 g/mol. The first kappa shape index (κ1) is 20.4. The number of benzene rings is 1. The summed E-state index contributed by atoms with van der Waals surface area (Å²) in [6.07, 6.45) is -1.23. The molecule has 1 amide bonds. The van der Waals surface area contributed by atoms with Gasteiger partial charge in [-0.1, -0.05) is 12.1 Å². The fourth-order valence-corrected chi connectivity index (χ4v) is 3.64. The Hall–Kier alpha value is -2.35. The molecular weight excluding hydrogens is 369 g/mol. The molecule has 0 radical (unpaired) electrons. The van der Waals surface area contributed by atoms with Crippen molar-refractivity contribution in [2.45, 2.75) is 44.9 Å². The zero-order valence-electron chi connectivity index (χ0n) is 16.1. The van der Waals surface area contributed by atoms with Gasteiger partial charge in [-0.2, -0.15) is 18.3 Å². The number of likely N-dealkylation sites (tertiary alicyclic amines) is 1. The maximum atomic E-state index is 13.0. The summed E-state index contributed by atoms with van der Waals surface area (Å²) in [5, 5.41) is 7.15. The third-order valence-corrected chi connectivity index (χ3v) is 5.23. The van der Waals surface area contributed by atoms with Crippen LogP contribution >= 0.6 is 0 Å². The fourth-order valence-electron chi connectivity index (χ4n) is 3.64. The van der Waals surface area contributed by atoms with Crippen LogP contribution in [0.4, 0.5) is 13.2 Å². The van der Waals surface area contributed by atoms with Crippen LogP contribution < -0.4 is 5.32 Å². The molecule has 5 nitrogen and oxygen atoms in total. The van der Waals surface area contributed by atoms with Crippen molar-refractivity contribution < 1.29 is 18.0 Å². The molecule has 1 aromatic heterocycles. The lowest BCUT2D eigenvalue weighted by Crippen LogP contribution is -2.32. The van der Waals surface area contributed by atoms with Crippen molar-refractivity contribution in [3.05, 3.63) is 41.6 Å². The highest BCUT2D eigenvalue weighted by molar-refractivity contribution is 5.93. The van der Waals surface area contributed by atoms with Crippen LogP contribution in [0.3, 0.4) is 0 Å². The van der Waals surface area contributed by atoms with Crippen molar-refractivity contribution in [3.63, 3.8) is 0 Å². The molecule has 3 rings (SSSR count). The minimum absolute atomic E-state index is 0.217. The lowest BCUT2D eigenvalue weighted by atomic mass is 10.1. The topological polar surface area (TPSA) is 50.2 Å². The highest BCUT2D eigenvalue weighted by Gasteiger charge is 2.30. The summed E-state index contributed by atoms with van der Waals surface area (Å²) >= 11 is 0. The zero-order chi connectivity index (χ0) is 20.3. The molecule has 1 saturated heterocycles. The van der Waals surface area contributed by atoms with E-state index in [1.54, 1.807) is 16.8 Å². The van der Waals surface area contributed by atoms with Gasteiger partial charge in [0.1, 0.15) is 0 Å². The van der Waals surface area contributed by atoms with Crippen LogP contribution in [0.25, 0.3) is 11.3 Å². The summed E-state index contributed by atoms with van der Waals surface area (Å²) in [5.74, 6) is -0.305. The van der Waals surface area contributed by atoms with E-state index in [2.05, 4.69) is 22.4 Å². The molecule has 1 atom stereocenters. The van der Waals surface area contributed by atoms with Crippen LogP contribution in [-0.4, -0.2) is 46.8 Å². The van der Waals surface area contributed by atoms with Crippen molar-refractivity contribution in [3.8, 4) is 11.3 Å². The van der Waals surface area contributed by atoms with Gasteiger partial charge in [0.15, 0.2) is 5.69 Å². The van der Waals surface area contributed by atoms with Gasteiger partial charge in [0.05, 0.1) is 11.3 Å². The number of hydrogen-bond acceptors (Lipinski definition) is 3. The second-order valence-electron chi connectivity index (χ2n) is 7.13. The van der Waals surface area contributed by atoms with E-state index < -0.39 is 11.7 Å². The van der Waals surface area contributed by atoms with E-state index >= 15 is 0 Å². The molecule has 152 valence electrons. The van der Waals surface area contributed by atoms with Crippen LogP contribution in [-0.2, 0) is 12.7 Å². The SMILES string of the molecule is CCn1nc(C(=O)NCC[C@H]2CCCN2C)cc1-c1cccc(C(F)(F)F)c1. The standard InChI is InChI=1S/C20H25F3N4O/c1-3-27-18(14-6-4-7-15(12-14)20(21,22)23)13-17(25-27)19(28)24-10-9-16-8-5-11-26(16)2/h4,6-7,12-13,16H,3,5,8-11H2,1-2H3,(H,24,28)/t16-/m1/s1. The lowest BCUT2D eigenvalue weighted by Gasteiger charge is -2.19. The number of halogens is 3. The van der Waals surface area contributed by atoms with E-state index in [0.29, 0.717) is 30.4 Å². The van der Waals surface area contributed by atoms with Gasteiger partial charge < -0.3 is 10.2 Å². The molecule has 1 aromatic carbocycles. The molecule has 1 aliphatic rings. The van der Waals surface area contributed by atoms with Gasteiger partial charge in [-0.05, 0) is 58.0 Å². The molecule has 8 heteroatoms. The number of hydrogen-bond donors (Lipinski definition) is 1. The summed E-state index contributed by atoms with van der Waals surface area (Å²) in [4.78, 5) is 14.8. The van der Waals surface area contributed by atoms with Crippen LogP contribution in [0.5, 0.6) is 0 Å². The molecule has 1 N–H and O–H groups in total. The number of aromatic nitrogens is 2. The number of carbonyl (C=O) groups excluding carboxylic acids is 1. The summed E-state index contributed by atoms with van der Waals surface area (Å²) in [6, 6.07) is 7.11. The minimum Gasteiger partial charge on any atom is -0.351 e. The summed E-state index contributed by atoms with van der Waals surface area (Å²) in [5.41, 5.74) is 0.375. The first-order chi connectivity index (χ1) is 13.3. The Kier molecular flexibility index (Phi) is 6.07. The van der Waals surface area contributed by atoms with E-state index in [-0.39, 0.29) is 11.6 Å². The average Bonchev–Trinajstić information content (AvgIpc) is 3.27. The highest BCUT2D eigenvalue weighted by Crippen LogP contribution is 2.32. The number of carbonyl (C=O) groups is 1. The molecule has 0 aliphatic carbocycles. The predicted molar refractivity (Wildman–Crippen MR) is 101 cm³/mol. The second kappa shape index (κ2) is 8.34. The number of nitrogens with zero attached hydrogens (tertiary/aromatic N) is 3. The van der Waals surface area contributed by atoms with Gasteiger partial charge >= 0.3 is 6.18 Å². The van der Waals surface area contributed by atoms with Gasteiger partial charge in [-0.3, -0.25) is 9.48 Å². The summed E-state index contributed by atoms with van der Waals surface area (Å²) < 4.78 is 40.6. The molecule has 0 unspecified atom stereocenters. The Morgan fingerprint density at radius 2 is 2.11 bits per heavy atom. The Bertz CT molecular complexity index is 831. The van der Waals surface area contributed by atoms with Gasteiger partial charge in [0, 0.05) is 24.7 Å². The maximum Gasteiger partial charge on any atom is 0.416 e. The molecule has 0 spiro atoms. The minimum atomic E-state index is -4.42. The fraction of sp³-hybridized carbons (Fsp3) is 0.500. The number of rotatable bonds is 6. The Balaban J connectivity index is 1.72. The predicted octanol–water partition coefficient (Wildman–Crippen LogP) is 3.80. The molecule has 28 heavy (non-hydrogen) atoms. The Morgan fingerprint density at radius 1 is 1.32 bits per heavy atom. The van der Waals surface area contributed by atoms with Crippen molar-refractivity contribution in [1.29, 1.82) is 0 Å². The molecular formula is C20H25F3N4O. The monoisotopic (exact) mass is 394 g/mol. The van der Waals surface area contributed by atoms with E-state index in [1.165, 1.54) is 12.5 Å². The quantitative estimate of drug-likeness (QED) is 0.811. The van der Waals surface area contributed by atoms with Gasteiger partial charge in [0.2, 0.25) is 0 Å². The van der Waals surface area contributed by atoms with Crippen LogP contribution in [0, 0.1) is 0 Å². The van der Waals surface area contributed by atoms with Crippen molar-refractivity contribution in [1.82, 2.24) is 20.0 Å². The molecule has 1 fully saturated rings. The van der Waals surface area contributed by atoms with E-state index in [1.807, 2.05) is 6.92 Å². The molecule has 2 heterocycles. The van der Waals surface area contributed by atoms with E-state index in [0.717, 1.165) is 31.5 Å². The molecule has 2 aromatic rings. The smallest absolute Gasteiger partial charge is 0.351 e. The second-order valence-corrected chi connectivity index (χ2v) is 7.13. The molecule has 1 aliphatic heterocycles. The lowest BCUT2D eigenvalue weighted by molar-refractivity contribution is -0.137. The number of amides is 1. The molecule has 0 bridgehead atoms. The Morgan fingerprint density at radius 3 is 2.75 bits per heavy atom. The maximum absolute atomic E-state index is 13.0. The van der Waals surface area contributed by atoms with Crippen LogP contribution in [0.1, 0.15) is 42.2 Å². The third-order valence-electron chi connectivity index (χ3n) is 5.23. The van der Waals surface area contributed by atoms with Crippen molar-refractivity contribution in [2.24, 2.45) is 0 Å². The third kappa shape index (κ3) is 4.55. The first-order valence-corrected chi connectivity index (χ1v) is 9.53. The van der Waals surface area contributed by atoms with Crippen molar-refractivity contribution in [2.75, 3.05) is 20.1 Å². The van der Waals surface area contributed by atoms with E-state index in [9.17, 15) is 18.0 Å². The first-order valence-electron chi connectivity index (χ1n) is 9.53. The van der Waals surface area contributed by atoms with Crippen molar-refractivity contribution >= 4 is 5.91 Å². The van der Waals surface area contributed by atoms with Crippen LogP contribution in [0.15, 0.2) is 30.3 Å². The normalized spacial score (nSPS) is 17.8. The molecule has 0 saturated carbocycles. The summed E-state index contributed by atoms with van der Waals surface area (Å²) in [6.45, 7) is 3.92.